The summed E-state index contributed by atoms with van der Waals surface area (Å²) in [4.78, 5) is 20.2. The first-order valence-electron chi connectivity index (χ1n) is 5.47. The minimum absolute atomic E-state index is 0.183. The van der Waals surface area contributed by atoms with Gasteiger partial charge < -0.3 is 5.32 Å². The van der Waals surface area contributed by atoms with E-state index < -0.39 is 0 Å². The molecule has 0 aliphatic rings. The summed E-state index contributed by atoms with van der Waals surface area (Å²) in [7, 11) is 0. The molecule has 0 bridgehead atoms. The second-order valence-corrected chi connectivity index (χ2v) is 5.68. The lowest BCUT2D eigenvalue weighted by Gasteiger charge is -2.05. The van der Waals surface area contributed by atoms with Crippen molar-refractivity contribution in [1.82, 2.24) is 9.97 Å². The van der Waals surface area contributed by atoms with E-state index in [1.165, 1.54) is 6.20 Å². The largest absolute Gasteiger partial charge is 0.322 e. The van der Waals surface area contributed by atoms with Gasteiger partial charge in [-0.3, -0.25) is 9.78 Å². The van der Waals surface area contributed by atoms with Gasteiger partial charge >= 0.3 is 0 Å². The normalized spacial score (nSPS) is 10.6. The molecule has 2 aromatic heterocycles. The highest BCUT2D eigenvalue weighted by Gasteiger charge is 2.07. The number of thiazole rings is 1. The van der Waals surface area contributed by atoms with Crippen molar-refractivity contribution in [2.24, 2.45) is 0 Å². The number of nitrogens with one attached hydrogen (secondary N) is 1. The number of hydrogen-bond donors (Lipinski definition) is 1. The Balaban J connectivity index is 1.86. The van der Waals surface area contributed by atoms with E-state index in [9.17, 15) is 4.79 Å². The lowest BCUT2D eigenvalue weighted by atomic mass is 10.2. The fourth-order valence-electron chi connectivity index (χ4n) is 1.67. The number of rotatable bonds is 2. The Labute approximate surface area is 121 Å². The fourth-order valence-corrected chi connectivity index (χ4v) is 2.75. The van der Waals surface area contributed by atoms with Crippen LogP contribution in [0.1, 0.15) is 10.4 Å². The SMILES string of the molecule is O=C(Nc1ccc2ncsc2c1)c1cncc(Br)c1. The van der Waals surface area contributed by atoms with E-state index in [2.05, 4.69) is 31.2 Å². The number of carbonyl (C=O) groups excluding carboxylic acids is 1. The van der Waals surface area contributed by atoms with Gasteiger partial charge in [0.05, 0.1) is 21.3 Å². The molecule has 0 spiro atoms. The number of aromatic nitrogens is 2. The molecule has 0 saturated carbocycles. The van der Waals surface area contributed by atoms with Gasteiger partial charge in [0.2, 0.25) is 0 Å². The van der Waals surface area contributed by atoms with Crippen molar-refractivity contribution in [3.63, 3.8) is 0 Å². The highest BCUT2D eigenvalue weighted by Crippen LogP contribution is 2.22. The molecule has 6 heteroatoms. The van der Waals surface area contributed by atoms with Crippen LogP contribution in [0.5, 0.6) is 0 Å². The summed E-state index contributed by atoms with van der Waals surface area (Å²) >= 11 is 4.84. The number of anilines is 1. The predicted molar refractivity (Wildman–Crippen MR) is 79.5 cm³/mol. The van der Waals surface area contributed by atoms with Gasteiger partial charge in [-0.05, 0) is 40.2 Å². The average Bonchev–Trinajstić information content (AvgIpc) is 2.86. The van der Waals surface area contributed by atoms with Gasteiger partial charge in [-0.2, -0.15) is 0 Å². The summed E-state index contributed by atoms with van der Waals surface area (Å²) in [6.45, 7) is 0. The van der Waals surface area contributed by atoms with E-state index in [1.54, 1.807) is 29.1 Å². The molecule has 3 rings (SSSR count). The summed E-state index contributed by atoms with van der Waals surface area (Å²) in [6.07, 6.45) is 3.17. The van der Waals surface area contributed by atoms with Crippen molar-refractivity contribution in [3.8, 4) is 0 Å². The molecule has 0 radical (unpaired) electrons. The number of carbonyl (C=O) groups is 1. The lowest BCUT2D eigenvalue weighted by Crippen LogP contribution is -2.12. The second-order valence-electron chi connectivity index (χ2n) is 3.88. The fraction of sp³-hybridized carbons (Fsp3) is 0. The number of hydrogen-bond acceptors (Lipinski definition) is 4. The zero-order valence-electron chi connectivity index (χ0n) is 9.63. The summed E-state index contributed by atoms with van der Waals surface area (Å²) in [6, 6.07) is 7.37. The highest BCUT2D eigenvalue weighted by molar-refractivity contribution is 9.10. The third-order valence-electron chi connectivity index (χ3n) is 2.56. The molecular weight excluding hydrogens is 326 g/mol. The lowest BCUT2D eigenvalue weighted by molar-refractivity contribution is 0.102. The van der Waals surface area contributed by atoms with Crippen LogP contribution in [0.4, 0.5) is 5.69 Å². The van der Waals surface area contributed by atoms with Crippen LogP contribution in [0, 0.1) is 0 Å². The number of nitrogens with zero attached hydrogens (tertiary/aromatic N) is 2. The van der Waals surface area contributed by atoms with Crippen LogP contribution >= 0.6 is 27.3 Å². The first-order valence-corrected chi connectivity index (χ1v) is 7.15. The molecule has 3 aromatic rings. The molecule has 1 amide bonds. The first kappa shape index (κ1) is 12.3. The molecule has 1 aromatic carbocycles. The average molecular weight is 334 g/mol. The minimum atomic E-state index is -0.183. The molecule has 94 valence electrons. The molecule has 0 saturated heterocycles. The van der Waals surface area contributed by atoms with Gasteiger partial charge in [-0.15, -0.1) is 11.3 Å². The smallest absolute Gasteiger partial charge is 0.257 e. The molecule has 0 aliphatic heterocycles. The Bertz CT molecular complexity index is 756. The van der Waals surface area contributed by atoms with Crippen molar-refractivity contribution in [1.29, 1.82) is 0 Å². The van der Waals surface area contributed by atoms with E-state index in [0.717, 1.165) is 20.4 Å². The molecule has 1 N–H and O–H groups in total. The number of pyridine rings is 1. The van der Waals surface area contributed by atoms with E-state index in [1.807, 2.05) is 18.2 Å². The van der Waals surface area contributed by atoms with Crippen molar-refractivity contribution in [2.45, 2.75) is 0 Å². The molecule has 0 unspecified atom stereocenters. The Morgan fingerprint density at radius 3 is 3.00 bits per heavy atom. The van der Waals surface area contributed by atoms with Crippen LogP contribution in [0.25, 0.3) is 10.2 Å². The van der Waals surface area contributed by atoms with Crippen LogP contribution < -0.4 is 5.32 Å². The van der Waals surface area contributed by atoms with Crippen molar-refractivity contribution < 1.29 is 4.79 Å². The van der Waals surface area contributed by atoms with Crippen molar-refractivity contribution >= 4 is 49.1 Å². The zero-order valence-corrected chi connectivity index (χ0v) is 12.0. The monoisotopic (exact) mass is 333 g/mol. The van der Waals surface area contributed by atoms with Crippen molar-refractivity contribution in [3.05, 3.63) is 52.2 Å². The highest BCUT2D eigenvalue weighted by atomic mass is 79.9. The molecule has 0 aliphatic carbocycles. The number of halogens is 1. The molecule has 2 heterocycles. The van der Waals surface area contributed by atoms with Gasteiger partial charge in [0.1, 0.15) is 0 Å². The zero-order chi connectivity index (χ0) is 13.2. The minimum Gasteiger partial charge on any atom is -0.322 e. The number of fused-ring (bicyclic) bond motifs is 1. The van der Waals surface area contributed by atoms with Gasteiger partial charge in [0.25, 0.3) is 5.91 Å². The van der Waals surface area contributed by atoms with E-state index in [4.69, 9.17) is 0 Å². The van der Waals surface area contributed by atoms with E-state index in [-0.39, 0.29) is 5.91 Å². The maximum Gasteiger partial charge on any atom is 0.257 e. The molecule has 0 fully saturated rings. The van der Waals surface area contributed by atoms with Crippen LogP contribution in [-0.2, 0) is 0 Å². The maximum absolute atomic E-state index is 12.1. The summed E-state index contributed by atoms with van der Waals surface area (Å²) in [5, 5.41) is 2.85. The van der Waals surface area contributed by atoms with Gasteiger partial charge in [-0.25, -0.2) is 4.98 Å². The molecule has 4 nitrogen and oxygen atoms in total. The number of benzene rings is 1. The van der Waals surface area contributed by atoms with Crippen LogP contribution in [-0.4, -0.2) is 15.9 Å². The molecule has 0 atom stereocenters. The van der Waals surface area contributed by atoms with E-state index >= 15 is 0 Å². The third kappa shape index (κ3) is 2.64. The standard InChI is InChI=1S/C13H8BrN3OS/c14-9-3-8(5-15-6-9)13(18)17-10-1-2-11-12(4-10)19-7-16-11/h1-7H,(H,17,18). The summed E-state index contributed by atoms with van der Waals surface area (Å²) in [5.41, 5.74) is 3.99. The first-order chi connectivity index (χ1) is 9.22. The third-order valence-corrected chi connectivity index (χ3v) is 3.78. The topological polar surface area (TPSA) is 54.9 Å². The van der Waals surface area contributed by atoms with Gasteiger partial charge in [0.15, 0.2) is 0 Å². The molecular formula is C13H8BrN3OS. The van der Waals surface area contributed by atoms with Gasteiger partial charge in [0, 0.05) is 22.6 Å². The Morgan fingerprint density at radius 1 is 1.26 bits per heavy atom. The summed E-state index contributed by atoms with van der Waals surface area (Å²) < 4.78 is 1.82. The van der Waals surface area contributed by atoms with Crippen LogP contribution in [0.15, 0.2) is 46.6 Å². The maximum atomic E-state index is 12.1. The van der Waals surface area contributed by atoms with Gasteiger partial charge in [-0.1, -0.05) is 0 Å². The quantitative estimate of drug-likeness (QED) is 0.777. The van der Waals surface area contributed by atoms with Crippen LogP contribution in [0.2, 0.25) is 0 Å². The Morgan fingerprint density at radius 2 is 2.16 bits per heavy atom. The Hall–Kier alpha value is -1.79. The van der Waals surface area contributed by atoms with Crippen LogP contribution in [0.3, 0.4) is 0 Å². The predicted octanol–water partition coefficient (Wildman–Crippen LogP) is 3.71. The van der Waals surface area contributed by atoms with E-state index in [0.29, 0.717) is 5.56 Å². The summed E-state index contributed by atoms with van der Waals surface area (Å²) in [5.74, 6) is -0.183. The van der Waals surface area contributed by atoms with Crippen molar-refractivity contribution in [2.75, 3.05) is 5.32 Å². The number of amides is 1. The molecule has 19 heavy (non-hydrogen) atoms. The Kier molecular flexibility index (Phi) is 3.27. The second kappa shape index (κ2) is 5.07.